The van der Waals surface area contributed by atoms with E-state index in [9.17, 15) is 19.5 Å². The molecule has 2 aromatic carbocycles. The van der Waals surface area contributed by atoms with Crippen molar-refractivity contribution in [2.75, 3.05) is 13.2 Å². The van der Waals surface area contributed by atoms with Gasteiger partial charge in [0.05, 0.1) is 0 Å². The Balaban J connectivity index is 1.50. The van der Waals surface area contributed by atoms with Gasteiger partial charge in [-0.2, -0.15) is 0 Å². The normalized spacial score (nSPS) is 13.6. The summed E-state index contributed by atoms with van der Waals surface area (Å²) in [5, 5.41) is 14.4. The Morgan fingerprint density at radius 1 is 1.06 bits per heavy atom. The molecule has 0 saturated carbocycles. The minimum Gasteiger partial charge on any atom is -0.480 e. The highest BCUT2D eigenvalue weighted by molar-refractivity contribution is 5.95. The molecule has 0 fully saturated rings. The lowest BCUT2D eigenvalue weighted by Crippen LogP contribution is -2.41. The van der Waals surface area contributed by atoms with Gasteiger partial charge in [0.25, 0.3) is 0 Å². The highest BCUT2D eigenvalue weighted by Gasteiger charge is 2.29. The number of alkyl carbamates (subject to hydrolysis) is 1. The quantitative estimate of drug-likeness (QED) is 0.470. The van der Waals surface area contributed by atoms with Gasteiger partial charge in [-0.1, -0.05) is 74.4 Å². The van der Waals surface area contributed by atoms with Gasteiger partial charge in [0, 0.05) is 18.0 Å². The van der Waals surface area contributed by atoms with E-state index < -0.39 is 24.0 Å². The van der Waals surface area contributed by atoms with Crippen LogP contribution in [0.5, 0.6) is 0 Å². The van der Waals surface area contributed by atoms with E-state index >= 15 is 0 Å². The van der Waals surface area contributed by atoms with Crippen LogP contribution in [0.1, 0.15) is 50.2 Å². The number of hydrogen-bond acceptors (Lipinski definition) is 4. The number of unbranched alkanes of at least 4 members (excludes halogenated alkanes) is 1. The largest absolute Gasteiger partial charge is 0.480 e. The lowest BCUT2D eigenvalue weighted by Gasteiger charge is -2.15. The molecule has 174 valence electrons. The van der Waals surface area contributed by atoms with Gasteiger partial charge >= 0.3 is 12.1 Å². The van der Waals surface area contributed by atoms with E-state index in [1.165, 1.54) is 6.08 Å². The number of ether oxygens (including phenoxy) is 1. The van der Waals surface area contributed by atoms with E-state index in [0.29, 0.717) is 18.4 Å². The van der Waals surface area contributed by atoms with Gasteiger partial charge < -0.3 is 20.5 Å². The maximum absolute atomic E-state index is 12.2. The fraction of sp³-hybridized carbons (Fsp3) is 0.346. The van der Waals surface area contributed by atoms with Crippen LogP contribution in [0.25, 0.3) is 11.1 Å². The molecule has 0 aliphatic heterocycles. The average Bonchev–Trinajstić information content (AvgIpc) is 3.13. The molecule has 0 aromatic heterocycles. The van der Waals surface area contributed by atoms with Crippen molar-refractivity contribution in [3.05, 3.63) is 71.3 Å². The number of rotatable bonds is 10. The molecule has 0 unspecified atom stereocenters. The smallest absolute Gasteiger partial charge is 0.407 e. The van der Waals surface area contributed by atoms with Crippen LogP contribution in [-0.2, 0) is 14.3 Å². The molecule has 0 heterocycles. The van der Waals surface area contributed by atoms with Crippen molar-refractivity contribution in [3.8, 4) is 11.1 Å². The third-order valence-electron chi connectivity index (χ3n) is 5.81. The Bertz CT molecular complexity index is 1000. The number of carboxylic acids is 1. The first-order valence-electron chi connectivity index (χ1n) is 11.2. The van der Waals surface area contributed by atoms with Gasteiger partial charge in [0.15, 0.2) is 0 Å². The minimum atomic E-state index is -1.05. The maximum Gasteiger partial charge on any atom is 0.407 e. The summed E-state index contributed by atoms with van der Waals surface area (Å²) in [5.41, 5.74) is 4.91. The maximum atomic E-state index is 12.2. The summed E-state index contributed by atoms with van der Waals surface area (Å²) in [6.45, 7) is 3.84. The van der Waals surface area contributed by atoms with Crippen molar-refractivity contribution in [3.63, 3.8) is 0 Å². The molecule has 2 aromatic rings. The standard InChI is InChI=1S/C26H30N2O5/c1-3-4-13-23(25(30)31)28-24(29)17(2)14-15-27-26(32)33-16-22-20-11-7-5-9-18(20)19-10-6-8-12-21(19)22/h5-12,14,22-23H,3-4,13,15-16H2,1-2H3,(H,27,32)(H,28,29)(H,30,31)/b17-14+/t23-/m0/s1. The second kappa shape index (κ2) is 11.3. The molecule has 1 aliphatic rings. The molecule has 0 saturated heterocycles. The van der Waals surface area contributed by atoms with Crippen LogP contribution in [0.15, 0.2) is 60.2 Å². The first-order valence-corrected chi connectivity index (χ1v) is 11.2. The van der Waals surface area contributed by atoms with Crippen LogP contribution in [-0.4, -0.2) is 42.3 Å². The molecule has 0 radical (unpaired) electrons. The Kier molecular flexibility index (Phi) is 8.24. The fourth-order valence-corrected chi connectivity index (χ4v) is 3.97. The zero-order valence-corrected chi connectivity index (χ0v) is 19.0. The number of carbonyl (C=O) groups is 3. The summed E-state index contributed by atoms with van der Waals surface area (Å²) >= 11 is 0. The molecule has 3 N–H and O–H groups in total. The summed E-state index contributed by atoms with van der Waals surface area (Å²) in [6.07, 6.45) is 2.90. The van der Waals surface area contributed by atoms with Crippen LogP contribution in [0, 0.1) is 0 Å². The minimum absolute atomic E-state index is 0.0257. The molecule has 7 heteroatoms. The lowest BCUT2D eigenvalue weighted by atomic mass is 9.98. The highest BCUT2D eigenvalue weighted by Crippen LogP contribution is 2.44. The Morgan fingerprint density at radius 3 is 2.24 bits per heavy atom. The van der Waals surface area contributed by atoms with Crippen LogP contribution < -0.4 is 10.6 Å². The molecule has 0 spiro atoms. The number of aliphatic carboxylic acids is 1. The van der Waals surface area contributed by atoms with Crippen molar-refractivity contribution in [1.29, 1.82) is 0 Å². The van der Waals surface area contributed by atoms with Gasteiger partial charge in [0.2, 0.25) is 5.91 Å². The van der Waals surface area contributed by atoms with Crippen LogP contribution in [0.3, 0.4) is 0 Å². The van der Waals surface area contributed by atoms with Crippen molar-refractivity contribution in [2.45, 2.75) is 45.1 Å². The first-order chi connectivity index (χ1) is 15.9. The number of amides is 2. The lowest BCUT2D eigenvalue weighted by molar-refractivity contribution is -0.141. The SMILES string of the molecule is CCCC[C@H](NC(=O)/C(C)=C/CNC(=O)OCC1c2ccccc2-c2ccccc21)C(=O)O. The van der Waals surface area contributed by atoms with Crippen molar-refractivity contribution < 1.29 is 24.2 Å². The summed E-state index contributed by atoms with van der Waals surface area (Å²) in [6, 6.07) is 15.3. The average molecular weight is 451 g/mol. The Labute approximate surface area is 193 Å². The summed E-state index contributed by atoms with van der Waals surface area (Å²) in [4.78, 5) is 35.8. The van der Waals surface area contributed by atoms with E-state index in [-0.39, 0.29) is 19.1 Å². The van der Waals surface area contributed by atoms with Gasteiger partial charge in [-0.25, -0.2) is 9.59 Å². The zero-order valence-electron chi connectivity index (χ0n) is 19.0. The number of carbonyl (C=O) groups excluding carboxylic acids is 2. The molecular weight excluding hydrogens is 420 g/mol. The Morgan fingerprint density at radius 2 is 1.67 bits per heavy atom. The van der Waals surface area contributed by atoms with Crippen LogP contribution in [0.2, 0.25) is 0 Å². The van der Waals surface area contributed by atoms with E-state index in [1.54, 1.807) is 6.92 Å². The number of fused-ring (bicyclic) bond motifs is 3. The predicted molar refractivity (Wildman–Crippen MR) is 126 cm³/mol. The van der Waals surface area contributed by atoms with E-state index in [1.807, 2.05) is 31.2 Å². The first kappa shape index (κ1) is 24.0. The van der Waals surface area contributed by atoms with Crippen molar-refractivity contribution in [2.24, 2.45) is 0 Å². The van der Waals surface area contributed by atoms with Gasteiger partial charge in [-0.3, -0.25) is 4.79 Å². The monoisotopic (exact) mass is 450 g/mol. The second-order valence-corrected chi connectivity index (χ2v) is 8.10. The van der Waals surface area contributed by atoms with Gasteiger partial charge in [0.1, 0.15) is 12.6 Å². The number of benzene rings is 2. The van der Waals surface area contributed by atoms with Gasteiger partial charge in [-0.05, 0) is 35.6 Å². The molecule has 33 heavy (non-hydrogen) atoms. The number of hydrogen-bond donors (Lipinski definition) is 3. The summed E-state index contributed by atoms with van der Waals surface area (Å²) < 4.78 is 5.46. The van der Waals surface area contributed by atoms with E-state index in [2.05, 4.69) is 34.9 Å². The van der Waals surface area contributed by atoms with E-state index in [0.717, 1.165) is 28.7 Å². The third kappa shape index (κ3) is 6.00. The van der Waals surface area contributed by atoms with Crippen molar-refractivity contribution >= 4 is 18.0 Å². The topological polar surface area (TPSA) is 105 Å². The van der Waals surface area contributed by atoms with Gasteiger partial charge in [-0.15, -0.1) is 0 Å². The molecule has 7 nitrogen and oxygen atoms in total. The fourth-order valence-electron chi connectivity index (χ4n) is 3.97. The second-order valence-electron chi connectivity index (χ2n) is 8.10. The molecule has 1 atom stereocenters. The van der Waals surface area contributed by atoms with Crippen LogP contribution in [0.4, 0.5) is 4.79 Å². The molecule has 3 rings (SSSR count). The number of carboxylic acid groups (broad SMARTS) is 1. The van der Waals surface area contributed by atoms with E-state index in [4.69, 9.17) is 4.74 Å². The highest BCUT2D eigenvalue weighted by atomic mass is 16.5. The molecule has 2 amide bonds. The summed E-state index contributed by atoms with van der Waals surface area (Å²) in [5.74, 6) is -1.54. The Hall–Kier alpha value is -3.61. The zero-order chi connectivity index (χ0) is 23.8. The number of nitrogens with one attached hydrogen (secondary N) is 2. The predicted octanol–water partition coefficient (Wildman–Crippen LogP) is 4.23. The molecule has 0 bridgehead atoms. The summed E-state index contributed by atoms with van der Waals surface area (Å²) in [7, 11) is 0. The van der Waals surface area contributed by atoms with Crippen molar-refractivity contribution in [1.82, 2.24) is 10.6 Å². The molecular formula is C26H30N2O5. The van der Waals surface area contributed by atoms with Crippen LogP contribution >= 0.6 is 0 Å². The third-order valence-corrected chi connectivity index (χ3v) is 5.81. The molecule has 1 aliphatic carbocycles.